The van der Waals surface area contributed by atoms with Crippen LogP contribution in [0.1, 0.15) is 12.2 Å². The number of morpholine rings is 1. The third kappa shape index (κ3) is 4.28. The molecule has 1 aromatic carbocycles. The number of nitrogens with zero attached hydrogens (tertiary/aromatic N) is 7. The molecule has 0 aliphatic carbocycles. The SMILES string of the molecule is COc1cc(NC(=O)O)cc2c1nc(C(F)F)n2-c1nc(-c2cn[nH]c2)nc(N2CCOCC2)n1. The van der Waals surface area contributed by atoms with E-state index in [2.05, 4.69) is 35.5 Å². The van der Waals surface area contributed by atoms with Crippen molar-refractivity contribution in [1.29, 1.82) is 0 Å². The fourth-order valence-electron chi connectivity index (χ4n) is 3.73. The Morgan fingerprint density at radius 3 is 2.63 bits per heavy atom. The summed E-state index contributed by atoms with van der Waals surface area (Å²) in [6.45, 7) is 1.92. The Morgan fingerprint density at radius 2 is 1.97 bits per heavy atom. The number of hydrogen-bond acceptors (Lipinski definition) is 9. The Bertz CT molecular complexity index is 1370. The Balaban J connectivity index is 1.77. The summed E-state index contributed by atoms with van der Waals surface area (Å²) in [6, 6.07) is 2.72. The van der Waals surface area contributed by atoms with Crippen LogP contribution in [0.5, 0.6) is 5.75 Å². The van der Waals surface area contributed by atoms with Crippen molar-refractivity contribution in [1.82, 2.24) is 34.7 Å². The lowest BCUT2D eigenvalue weighted by Crippen LogP contribution is -2.37. The summed E-state index contributed by atoms with van der Waals surface area (Å²) >= 11 is 0. The first-order valence-electron chi connectivity index (χ1n) is 10.4. The van der Waals surface area contributed by atoms with Gasteiger partial charge in [0.2, 0.25) is 11.9 Å². The standard InChI is InChI=1S/C20H19F2N9O4/c1-34-13-7-11(25-20(32)33)6-12-14(13)26-17(15(21)22)31(12)19-28-16(10-8-23-24-9-10)27-18(29-19)30-2-4-35-5-3-30/h6-9,15,25H,2-5H2,1H3,(H,23,24)(H,32,33). The smallest absolute Gasteiger partial charge is 0.409 e. The number of fused-ring (bicyclic) bond motifs is 1. The second-order valence-electron chi connectivity index (χ2n) is 7.43. The summed E-state index contributed by atoms with van der Waals surface area (Å²) < 4.78 is 40.1. The Morgan fingerprint density at radius 1 is 1.20 bits per heavy atom. The Kier molecular flexibility index (Phi) is 5.82. The average Bonchev–Trinajstić information content (AvgIpc) is 3.52. The summed E-state index contributed by atoms with van der Waals surface area (Å²) in [5.41, 5.74) is 0.843. The number of methoxy groups -OCH3 is 1. The molecule has 0 atom stereocenters. The molecule has 4 aromatic rings. The van der Waals surface area contributed by atoms with Crippen LogP contribution in [0, 0.1) is 0 Å². The van der Waals surface area contributed by atoms with Gasteiger partial charge in [-0.05, 0) is 6.07 Å². The lowest BCUT2D eigenvalue weighted by Gasteiger charge is -2.27. The van der Waals surface area contributed by atoms with E-state index in [4.69, 9.17) is 14.6 Å². The molecular weight excluding hydrogens is 468 g/mol. The quantitative estimate of drug-likeness (QED) is 0.369. The van der Waals surface area contributed by atoms with Crippen LogP contribution in [0.3, 0.4) is 0 Å². The summed E-state index contributed by atoms with van der Waals surface area (Å²) in [7, 11) is 1.33. The minimum absolute atomic E-state index is 0.0944. The van der Waals surface area contributed by atoms with Crippen molar-refractivity contribution in [3.63, 3.8) is 0 Å². The van der Waals surface area contributed by atoms with Crippen molar-refractivity contribution in [3.8, 4) is 23.1 Å². The monoisotopic (exact) mass is 487 g/mol. The third-order valence-corrected chi connectivity index (χ3v) is 5.28. The van der Waals surface area contributed by atoms with Crippen molar-refractivity contribution in [2.45, 2.75) is 6.43 Å². The van der Waals surface area contributed by atoms with Gasteiger partial charge in [-0.3, -0.25) is 15.0 Å². The lowest BCUT2D eigenvalue weighted by molar-refractivity contribution is 0.122. The molecule has 35 heavy (non-hydrogen) atoms. The van der Waals surface area contributed by atoms with Gasteiger partial charge in [-0.25, -0.2) is 18.6 Å². The number of ether oxygens (including phenoxy) is 2. The molecule has 15 heteroatoms. The number of amides is 1. The van der Waals surface area contributed by atoms with Crippen molar-refractivity contribution in [2.75, 3.05) is 43.6 Å². The van der Waals surface area contributed by atoms with Crippen LogP contribution in [0.4, 0.5) is 25.2 Å². The van der Waals surface area contributed by atoms with Gasteiger partial charge in [0.25, 0.3) is 6.43 Å². The molecule has 1 aliphatic rings. The molecule has 13 nitrogen and oxygen atoms in total. The number of imidazole rings is 1. The molecule has 0 unspecified atom stereocenters. The number of rotatable bonds is 6. The van der Waals surface area contributed by atoms with E-state index in [1.165, 1.54) is 25.4 Å². The molecule has 0 bridgehead atoms. The predicted octanol–water partition coefficient (Wildman–Crippen LogP) is 2.47. The van der Waals surface area contributed by atoms with Crippen LogP contribution in [-0.2, 0) is 4.74 Å². The molecule has 182 valence electrons. The number of H-pyrrole nitrogens is 1. The number of hydrogen-bond donors (Lipinski definition) is 3. The number of nitrogens with one attached hydrogen (secondary N) is 2. The van der Waals surface area contributed by atoms with Gasteiger partial charge in [0.05, 0.1) is 37.6 Å². The van der Waals surface area contributed by atoms with Gasteiger partial charge in [-0.1, -0.05) is 0 Å². The van der Waals surface area contributed by atoms with E-state index in [9.17, 15) is 13.6 Å². The van der Waals surface area contributed by atoms with E-state index in [-0.39, 0.29) is 40.2 Å². The highest BCUT2D eigenvalue weighted by molar-refractivity contribution is 5.92. The van der Waals surface area contributed by atoms with Crippen molar-refractivity contribution in [3.05, 3.63) is 30.4 Å². The summed E-state index contributed by atoms with van der Waals surface area (Å²) in [5, 5.41) is 17.9. The molecule has 4 heterocycles. The molecule has 0 radical (unpaired) electrons. The van der Waals surface area contributed by atoms with Crippen molar-refractivity contribution in [2.24, 2.45) is 0 Å². The Labute approximate surface area is 195 Å². The Hall–Kier alpha value is -4.40. The summed E-state index contributed by atoms with van der Waals surface area (Å²) in [4.78, 5) is 30.6. The first-order valence-corrected chi connectivity index (χ1v) is 10.4. The highest BCUT2D eigenvalue weighted by Crippen LogP contribution is 2.35. The molecule has 0 saturated carbocycles. The highest BCUT2D eigenvalue weighted by Gasteiger charge is 2.27. The zero-order chi connectivity index (χ0) is 24.5. The summed E-state index contributed by atoms with van der Waals surface area (Å²) in [6.07, 6.45) is -1.26. The average molecular weight is 487 g/mol. The van der Waals surface area contributed by atoms with Gasteiger partial charge in [-0.15, -0.1) is 0 Å². The van der Waals surface area contributed by atoms with E-state index in [1.54, 1.807) is 6.20 Å². The van der Waals surface area contributed by atoms with E-state index in [0.717, 1.165) is 4.57 Å². The lowest BCUT2D eigenvalue weighted by atomic mass is 10.2. The number of aromatic nitrogens is 7. The maximum atomic E-state index is 14.2. The van der Waals surface area contributed by atoms with Crippen LogP contribution in [0.25, 0.3) is 28.4 Å². The number of anilines is 2. The zero-order valence-electron chi connectivity index (χ0n) is 18.3. The number of alkyl halides is 2. The number of benzene rings is 1. The second kappa shape index (κ2) is 9.09. The number of aromatic amines is 1. The molecule has 3 aromatic heterocycles. The second-order valence-corrected chi connectivity index (χ2v) is 7.43. The minimum atomic E-state index is -3.00. The molecule has 1 saturated heterocycles. The number of carbonyl (C=O) groups is 1. The summed E-state index contributed by atoms with van der Waals surface area (Å²) in [5.74, 6) is -0.181. The fraction of sp³-hybridized carbons (Fsp3) is 0.300. The first-order chi connectivity index (χ1) is 16.9. The normalized spacial score (nSPS) is 14.0. The van der Waals surface area contributed by atoms with Crippen LogP contribution < -0.4 is 15.0 Å². The van der Waals surface area contributed by atoms with Crippen molar-refractivity contribution < 1.29 is 28.2 Å². The van der Waals surface area contributed by atoms with E-state index >= 15 is 0 Å². The van der Waals surface area contributed by atoms with Crippen LogP contribution in [0.15, 0.2) is 24.5 Å². The van der Waals surface area contributed by atoms with Crippen LogP contribution >= 0.6 is 0 Å². The van der Waals surface area contributed by atoms with E-state index in [1.807, 2.05) is 4.90 Å². The van der Waals surface area contributed by atoms with Gasteiger partial charge < -0.3 is 19.5 Å². The third-order valence-electron chi connectivity index (χ3n) is 5.28. The van der Waals surface area contributed by atoms with Crippen molar-refractivity contribution >= 4 is 28.8 Å². The largest absolute Gasteiger partial charge is 0.494 e. The van der Waals surface area contributed by atoms with Crippen LogP contribution in [0.2, 0.25) is 0 Å². The minimum Gasteiger partial charge on any atom is -0.494 e. The van der Waals surface area contributed by atoms with Gasteiger partial charge in [0, 0.05) is 31.0 Å². The van der Waals surface area contributed by atoms with Crippen LogP contribution in [-0.4, -0.2) is 79.3 Å². The van der Waals surface area contributed by atoms with Gasteiger partial charge in [0.1, 0.15) is 11.3 Å². The van der Waals surface area contributed by atoms with Gasteiger partial charge in [0.15, 0.2) is 11.6 Å². The predicted molar refractivity (Wildman–Crippen MR) is 118 cm³/mol. The molecule has 1 amide bonds. The molecule has 1 aliphatic heterocycles. The van der Waals surface area contributed by atoms with E-state index < -0.39 is 18.3 Å². The first kappa shape index (κ1) is 22.4. The molecule has 5 rings (SSSR count). The molecule has 0 spiro atoms. The zero-order valence-corrected chi connectivity index (χ0v) is 18.3. The number of carboxylic acid groups (broad SMARTS) is 1. The molecule has 3 N–H and O–H groups in total. The van der Waals surface area contributed by atoms with Gasteiger partial charge >= 0.3 is 6.09 Å². The fourth-order valence-corrected chi connectivity index (χ4v) is 3.73. The highest BCUT2D eigenvalue weighted by atomic mass is 19.3. The molecular formula is C20H19F2N9O4. The maximum Gasteiger partial charge on any atom is 0.409 e. The molecule has 1 fully saturated rings. The maximum absolute atomic E-state index is 14.2. The topological polar surface area (TPSA) is 156 Å². The van der Waals surface area contributed by atoms with Gasteiger partial charge in [-0.2, -0.15) is 20.1 Å². The number of halogens is 2. The van der Waals surface area contributed by atoms with E-state index in [0.29, 0.717) is 31.9 Å².